The Balaban J connectivity index is 1.89. The molecule has 0 bridgehead atoms. The summed E-state index contributed by atoms with van der Waals surface area (Å²) < 4.78 is 36.7. The molecule has 1 aliphatic rings. The van der Waals surface area contributed by atoms with E-state index < -0.39 is 15.7 Å². The third kappa shape index (κ3) is 4.69. The number of amides is 1. The molecule has 1 fully saturated rings. The van der Waals surface area contributed by atoms with Gasteiger partial charge >= 0.3 is 0 Å². The van der Waals surface area contributed by atoms with E-state index in [1.54, 1.807) is 18.2 Å². The van der Waals surface area contributed by atoms with Gasteiger partial charge in [-0.05, 0) is 58.6 Å². The molecule has 1 amide bonds. The molecule has 0 unspecified atom stereocenters. The van der Waals surface area contributed by atoms with Crippen LogP contribution < -0.4 is 10.1 Å². The van der Waals surface area contributed by atoms with Gasteiger partial charge < -0.3 is 14.8 Å². The molecule has 6 nitrogen and oxygen atoms in total. The third-order valence-electron chi connectivity index (χ3n) is 4.38. The lowest BCUT2D eigenvalue weighted by Gasteiger charge is -2.13. The van der Waals surface area contributed by atoms with Gasteiger partial charge in [-0.3, -0.25) is 4.79 Å². The van der Waals surface area contributed by atoms with E-state index in [-0.39, 0.29) is 22.1 Å². The number of methoxy groups -OCH3 is 1. The number of rotatable bonds is 6. The second kappa shape index (κ2) is 8.41. The number of benzene rings is 2. The first-order valence-corrected chi connectivity index (χ1v) is 10.9. The van der Waals surface area contributed by atoms with Gasteiger partial charge in [-0.25, -0.2) is 8.42 Å². The normalized spacial score (nSPS) is 16.9. The molecule has 1 heterocycles. The minimum absolute atomic E-state index is 0.00458. The summed E-state index contributed by atoms with van der Waals surface area (Å²) >= 11 is 3.37. The molecule has 27 heavy (non-hydrogen) atoms. The zero-order valence-electron chi connectivity index (χ0n) is 14.8. The fraction of sp³-hybridized carbons (Fsp3) is 0.316. The average molecular weight is 454 g/mol. The van der Waals surface area contributed by atoms with E-state index in [0.29, 0.717) is 24.7 Å². The Bertz CT molecular complexity index is 939. The number of sulfone groups is 1. The number of anilines is 1. The summed E-state index contributed by atoms with van der Waals surface area (Å²) in [5.41, 5.74) is 0.748. The highest BCUT2D eigenvalue weighted by Gasteiger charge is 2.26. The van der Waals surface area contributed by atoms with Crippen LogP contribution in [-0.4, -0.2) is 40.4 Å². The van der Waals surface area contributed by atoms with E-state index in [1.165, 1.54) is 25.3 Å². The summed E-state index contributed by atoms with van der Waals surface area (Å²) in [6, 6.07) is 11.5. The highest BCUT2D eigenvalue weighted by atomic mass is 79.9. The third-order valence-corrected chi connectivity index (χ3v) is 6.95. The Kier molecular flexibility index (Phi) is 6.18. The summed E-state index contributed by atoms with van der Waals surface area (Å²) in [6.07, 6.45) is 0.727. The maximum Gasteiger partial charge on any atom is 0.259 e. The number of hydrogen-bond donors (Lipinski definition) is 1. The molecule has 1 saturated heterocycles. The minimum atomic E-state index is -3.53. The zero-order valence-corrected chi connectivity index (χ0v) is 17.2. The summed E-state index contributed by atoms with van der Waals surface area (Å²) in [5.74, 6) is -0.151. The SMILES string of the molecule is COc1ccc(S(=O)(=O)C[C@H]2CCOC2)cc1C(=O)Nc1ccccc1Br. The van der Waals surface area contributed by atoms with Crippen LogP contribution in [0.3, 0.4) is 0 Å². The van der Waals surface area contributed by atoms with Gasteiger partial charge in [-0.2, -0.15) is 0 Å². The van der Waals surface area contributed by atoms with Crippen molar-refractivity contribution in [1.82, 2.24) is 0 Å². The first-order valence-electron chi connectivity index (χ1n) is 8.45. The molecule has 1 aliphatic heterocycles. The predicted molar refractivity (Wildman–Crippen MR) is 106 cm³/mol. The number of carbonyl (C=O) groups is 1. The first-order chi connectivity index (χ1) is 12.9. The second-order valence-electron chi connectivity index (χ2n) is 6.31. The molecule has 144 valence electrons. The largest absolute Gasteiger partial charge is 0.496 e. The highest BCUT2D eigenvalue weighted by Crippen LogP contribution is 2.28. The van der Waals surface area contributed by atoms with Crippen LogP contribution in [0.25, 0.3) is 0 Å². The fourth-order valence-corrected chi connectivity index (χ4v) is 4.96. The average Bonchev–Trinajstić information content (AvgIpc) is 3.15. The van der Waals surface area contributed by atoms with Crippen LogP contribution in [0.1, 0.15) is 16.8 Å². The van der Waals surface area contributed by atoms with Gasteiger partial charge in [-0.1, -0.05) is 12.1 Å². The highest BCUT2D eigenvalue weighted by molar-refractivity contribution is 9.10. The van der Waals surface area contributed by atoms with Gasteiger partial charge in [-0.15, -0.1) is 0 Å². The smallest absolute Gasteiger partial charge is 0.259 e. The van der Waals surface area contributed by atoms with Gasteiger partial charge in [0.15, 0.2) is 9.84 Å². The van der Waals surface area contributed by atoms with Crippen LogP contribution in [0.2, 0.25) is 0 Å². The van der Waals surface area contributed by atoms with Gasteiger partial charge in [0.1, 0.15) is 5.75 Å². The van der Waals surface area contributed by atoms with Gasteiger partial charge in [0, 0.05) is 11.1 Å². The standard InChI is InChI=1S/C19H20BrNO5S/c1-25-18-7-6-14(27(23,24)12-13-8-9-26-11-13)10-15(18)19(22)21-17-5-3-2-4-16(17)20/h2-7,10,13H,8-9,11-12H2,1H3,(H,21,22)/t13-/m0/s1. The lowest BCUT2D eigenvalue weighted by atomic mass is 10.1. The molecule has 0 aromatic heterocycles. The monoisotopic (exact) mass is 453 g/mol. The van der Waals surface area contributed by atoms with Crippen LogP contribution >= 0.6 is 15.9 Å². The van der Waals surface area contributed by atoms with Gasteiger partial charge in [0.25, 0.3) is 5.91 Å². The van der Waals surface area contributed by atoms with E-state index in [9.17, 15) is 13.2 Å². The fourth-order valence-electron chi connectivity index (χ4n) is 2.93. The maximum atomic E-state index is 12.7. The number of ether oxygens (including phenoxy) is 2. The molecule has 8 heteroatoms. The van der Waals surface area contributed by atoms with Crippen molar-refractivity contribution in [3.8, 4) is 5.75 Å². The number of para-hydroxylation sites is 1. The van der Waals surface area contributed by atoms with Crippen molar-refractivity contribution in [2.45, 2.75) is 11.3 Å². The maximum absolute atomic E-state index is 12.7. The van der Waals surface area contributed by atoms with E-state index in [2.05, 4.69) is 21.2 Å². The lowest BCUT2D eigenvalue weighted by Crippen LogP contribution is -2.18. The first kappa shape index (κ1) is 19.9. The van der Waals surface area contributed by atoms with E-state index in [0.717, 1.165) is 10.9 Å². The Morgan fingerprint density at radius 1 is 1.30 bits per heavy atom. The van der Waals surface area contributed by atoms with Crippen molar-refractivity contribution in [3.63, 3.8) is 0 Å². The van der Waals surface area contributed by atoms with Crippen LogP contribution in [0.4, 0.5) is 5.69 Å². The molecule has 2 aromatic carbocycles. The van der Waals surface area contributed by atoms with Gasteiger partial charge in [0.05, 0.1) is 35.6 Å². The summed E-state index contributed by atoms with van der Waals surface area (Å²) in [5, 5.41) is 2.77. The molecule has 3 rings (SSSR count). The van der Waals surface area contributed by atoms with Crippen molar-refractivity contribution in [2.75, 3.05) is 31.4 Å². The van der Waals surface area contributed by atoms with Crippen LogP contribution in [-0.2, 0) is 14.6 Å². The molecule has 1 N–H and O–H groups in total. The quantitative estimate of drug-likeness (QED) is 0.723. The van der Waals surface area contributed by atoms with E-state index >= 15 is 0 Å². The van der Waals surface area contributed by atoms with Crippen LogP contribution in [0.5, 0.6) is 5.75 Å². The van der Waals surface area contributed by atoms with Gasteiger partial charge in [0.2, 0.25) is 0 Å². The lowest BCUT2D eigenvalue weighted by molar-refractivity contribution is 0.102. The minimum Gasteiger partial charge on any atom is -0.496 e. The molecule has 0 spiro atoms. The predicted octanol–water partition coefficient (Wildman–Crippen LogP) is 3.52. The Morgan fingerprint density at radius 3 is 2.74 bits per heavy atom. The van der Waals surface area contributed by atoms with E-state index in [4.69, 9.17) is 9.47 Å². The summed E-state index contributed by atoms with van der Waals surface area (Å²) in [6.45, 7) is 1.03. The molecule has 2 aromatic rings. The van der Waals surface area contributed by atoms with Crippen molar-refractivity contribution in [3.05, 3.63) is 52.5 Å². The summed E-state index contributed by atoms with van der Waals surface area (Å²) in [4.78, 5) is 12.8. The Labute approximate surface area is 166 Å². The zero-order chi connectivity index (χ0) is 19.4. The molecule has 0 saturated carbocycles. The Hall–Kier alpha value is -1.90. The molecule has 0 aliphatic carbocycles. The van der Waals surface area contributed by atoms with Crippen molar-refractivity contribution in [2.24, 2.45) is 5.92 Å². The molecule has 1 atom stereocenters. The van der Waals surface area contributed by atoms with Crippen LogP contribution in [0, 0.1) is 5.92 Å². The van der Waals surface area contributed by atoms with Crippen molar-refractivity contribution in [1.29, 1.82) is 0 Å². The molecular weight excluding hydrogens is 434 g/mol. The summed E-state index contributed by atoms with van der Waals surface area (Å²) in [7, 11) is -2.09. The topological polar surface area (TPSA) is 81.7 Å². The number of halogens is 1. The van der Waals surface area contributed by atoms with Crippen LogP contribution in [0.15, 0.2) is 51.8 Å². The molecular formula is C19H20BrNO5S. The van der Waals surface area contributed by atoms with Crippen molar-refractivity contribution >= 4 is 37.4 Å². The number of carbonyl (C=O) groups excluding carboxylic acids is 1. The second-order valence-corrected chi connectivity index (χ2v) is 9.20. The number of nitrogens with one attached hydrogen (secondary N) is 1. The van der Waals surface area contributed by atoms with Crippen molar-refractivity contribution < 1.29 is 22.7 Å². The Morgan fingerprint density at radius 2 is 2.07 bits per heavy atom. The van der Waals surface area contributed by atoms with E-state index in [1.807, 2.05) is 6.07 Å². The molecule has 0 radical (unpaired) electrons. The number of hydrogen-bond acceptors (Lipinski definition) is 5.